The van der Waals surface area contributed by atoms with Gasteiger partial charge in [0.2, 0.25) is 0 Å². The molecule has 0 atom stereocenters. The monoisotopic (exact) mass is 219 g/mol. The maximum Gasteiger partial charge on any atom is 0.0367 e. The van der Waals surface area contributed by atoms with Crippen LogP contribution in [0.1, 0.15) is 31.2 Å². The van der Waals surface area contributed by atoms with E-state index in [0.29, 0.717) is 6.04 Å². The summed E-state index contributed by atoms with van der Waals surface area (Å²) < 4.78 is 0. The number of nitrogens with two attached hydrogens (primary N) is 3. The van der Waals surface area contributed by atoms with Gasteiger partial charge >= 0.3 is 0 Å². The van der Waals surface area contributed by atoms with Crippen molar-refractivity contribution >= 4 is 11.4 Å². The van der Waals surface area contributed by atoms with Crippen molar-refractivity contribution in [3.05, 3.63) is 23.8 Å². The van der Waals surface area contributed by atoms with E-state index in [1.54, 1.807) is 0 Å². The third-order valence-electron chi connectivity index (χ3n) is 3.57. The highest BCUT2D eigenvalue weighted by molar-refractivity contribution is 5.56. The minimum Gasteiger partial charge on any atom is -0.399 e. The second-order valence-corrected chi connectivity index (χ2v) is 4.94. The highest BCUT2D eigenvalue weighted by Crippen LogP contribution is 2.28. The lowest BCUT2D eigenvalue weighted by Gasteiger charge is -2.26. The van der Waals surface area contributed by atoms with Crippen LogP contribution in [0.2, 0.25) is 0 Å². The highest BCUT2D eigenvalue weighted by Gasteiger charge is 2.19. The number of hydrogen-bond acceptors (Lipinski definition) is 3. The molecule has 3 heteroatoms. The number of benzene rings is 1. The van der Waals surface area contributed by atoms with Gasteiger partial charge in [0.1, 0.15) is 0 Å². The Bertz CT molecular complexity index is 354. The quantitative estimate of drug-likeness (QED) is 0.665. The van der Waals surface area contributed by atoms with Crippen LogP contribution >= 0.6 is 0 Å². The van der Waals surface area contributed by atoms with Crippen molar-refractivity contribution in [3.8, 4) is 0 Å². The summed E-state index contributed by atoms with van der Waals surface area (Å²) in [4.78, 5) is 0. The predicted octanol–water partition coefficient (Wildman–Crippen LogP) is 1.91. The van der Waals surface area contributed by atoms with Crippen LogP contribution in [0.3, 0.4) is 0 Å². The van der Waals surface area contributed by atoms with E-state index in [1.165, 1.54) is 18.4 Å². The van der Waals surface area contributed by atoms with Crippen LogP contribution in [-0.2, 0) is 6.42 Å². The zero-order valence-corrected chi connectivity index (χ0v) is 9.65. The van der Waals surface area contributed by atoms with Crippen LogP contribution in [0.15, 0.2) is 18.2 Å². The first-order chi connectivity index (χ1) is 7.65. The summed E-state index contributed by atoms with van der Waals surface area (Å²) in [5, 5.41) is 0. The summed E-state index contributed by atoms with van der Waals surface area (Å²) in [5.41, 5.74) is 20.3. The molecule has 0 aromatic heterocycles. The Balaban J connectivity index is 1.98. The highest BCUT2D eigenvalue weighted by atomic mass is 14.6. The maximum absolute atomic E-state index is 5.96. The fourth-order valence-electron chi connectivity index (χ4n) is 2.50. The van der Waals surface area contributed by atoms with Crippen molar-refractivity contribution in [2.24, 2.45) is 11.7 Å². The van der Waals surface area contributed by atoms with Crippen molar-refractivity contribution in [1.82, 2.24) is 0 Å². The molecule has 88 valence electrons. The molecule has 0 radical (unpaired) electrons. The molecule has 1 aromatic carbocycles. The molecule has 6 N–H and O–H groups in total. The fourth-order valence-corrected chi connectivity index (χ4v) is 2.50. The zero-order valence-electron chi connectivity index (χ0n) is 9.65. The van der Waals surface area contributed by atoms with Gasteiger partial charge in [0, 0.05) is 17.4 Å². The Morgan fingerprint density at radius 2 is 1.75 bits per heavy atom. The zero-order chi connectivity index (χ0) is 11.5. The van der Waals surface area contributed by atoms with Gasteiger partial charge in [-0.2, -0.15) is 0 Å². The van der Waals surface area contributed by atoms with E-state index in [-0.39, 0.29) is 0 Å². The van der Waals surface area contributed by atoms with Crippen LogP contribution < -0.4 is 17.2 Å². The Morgan fingerprint density at radius 1 is 1.06 bits per heavy atom. The van der Waals surface area contributed by atoms with Crippen LogP contribution in [0, 0.1) is 5.92 Å². The lowest BCUT2D eigenvalue weighted by atomic mass is 9.82. The molecular formula is C13H21N3. The van der Waals surface area contributed by atoms with E-state index in [0.717, 1.165) is 36.6 Å². The Morgan fingerprint density at radius 3 is 2.38 bits per heavy atom. The van der Waals surface area contributed by atoms with E-state index >= 15 is 0 Å². The van der Waals surface area contributed by atoms with Crippen LogP contribution in [0.4, 0.5) is 11.4 Å². The van der Waals surface area contributed by atoms with Crippen molar-refractivity contribution in [2.45, 2.75) is 38.1 Å². The molecule has 3 nitrogen and oxygen atoms in total. The summed E-state index contributed by atoms with van der Waals surface area (Å²) in [6, 6.07) is 6.25. The summed E-state index contributed by atoms with van der Waals surface area (Å²) in [6.07, 6.45) is 5.83. The van der Waals surface area contributed by atoms with Gasteiger partial charge in [-0.05, 0) is 55.7 Å². The van der Waals surface area contributed by atoms with Gasteiger partial charge < -0.3 is 17.2 Å². The van der Waals surface area contributed by atoms with E-state index in [2.05, 4.69) is 6.07 Å². The molecule has 1 saturated carbocycles. The van der Waals surface area contributed by atoms with E-state index in [1.807, 2.05) is 12.1 Å². The summed E-state index contributed by atoms with van der Waals surface area (Å²) >= 11 is 0. The van der Waals surface area contributed by atoms with Crippen molar-refractivity contribution < 1.29 is 0 Å². The van der Waals surface area contributed by atoms with Crippen LogP contribution in [0.25, 0.3) is 0 Å². The van der Waals surface area contributed by atoms with Gasteiger partial charge in [0.25, 0.3) is 0 Å². The molecule has 0 amide bonds. The first-order valence-electron chi connectivity index (χ1n) is 6.04. The fraction of sp³-hybridized carbons (Fsp3) is 0.538. The van der Waals surface area contributed by atoms with E-state index in [4.69, 9.17) is 17.2 Å². The van der Waals surface area contributed by atoms with Gasteiger partial charge in [-0.3, -0.25) is 0 Å². The topological polar surface area (TPSA) is 78.1 Å². The van der Waals surface area contributed by atoms with Crippen LogP contribution in [0.5, 0.6) is 0 Å². The Kier molecular flexibility index (Phi) is 3.34. The van der Waals surface area contributed by atoms with Crippen molar-refractivity contribution in [3.63, 3.8) is 0 Å². The van der Waals surface area contributed by atoms with Gasteiger partial charge in [-0.1, -0.05) is 6.07 Å². The molecule has 0 spiro atoms. The maximum atomic E-state index is 5.96. The number of anilines is 2. The van der Waals surface area contributed by atoms with Gasteiger partial charge in [0.05, 0.1) is 0 Å². The van der Waals surface area contributed by atoms with Gasteiger partial charge in [-0.25, -0.2) is 0 Å². The lowest BCUT2D eigenvalue weighted by molar-refractivity contribution is 0.325. The molecule has 1 aromatic rings. The third kappa shape index (κ3) is 2.67. The first-order valence-corrected chi connectivity index (χ1v) is 6.04. The minimum atomic E-state index is 0.417. The molecular weight excluding hydrogens is 198 g/mol. The molecule has 1 fully saturated rings. The molecule has 1 aliphatic carbocycles. The molecule has 1 aliphatic rings. The number of rotatable bonds is 2. The SMILES string of the molecule is Nc1ccc(CC2CCC(N)CC2)c(N)c1. The third-order valence-corrected chi connectivity index (χ3v) is 3.57. The lowest BCUT2D eigenvalue weighted by Crippen LogP contribution is -2.27. The van der Waals surface area contributed by atoms with Gasteiger partial charge in [0.15, 0.2) is 0 Å². The average Bonchev–Trinajstić information content (AvgIpc) is 2.25. The molecule has 2 rings (SSSR count). The van der Waals surface area contributed by atoms with E-state index in [9.17, 15) is 0 Å². The van der Waals surface area contributed by atoms with E-state index < -0.39 is 0 Å². The Labute approximate surface area is 97.0 Å². The molecule has 0 saturated heterocycles. The molecule has 0 heterocycles. The predicted molar refractivity (Wildman–Crippen MR) is 68.9 cm³/mol. The minimum absolute atomic E-state index is 0.417. The average molecular weight is 219 g/mol. The first kappa shape index (κ1) is 11.3. The summed E-state index contributed by atoms with van der Waals surface area (Å²) in [7, 11) is 0. The van der Waals surface area contributed by atoms with Crippen molar-refractivity contribution in [1.29, 1.82) is 0 Å². The standard InChI is InChI=1S/C13H21N3/c14-11-4-1-9(2-5-11)7-10-3-6-12(15)8-13(10)16/h3,6,8-9,11H,1-2,4-5,7,14-16H2. The summed E-state index contributed by atoms with van der Waals surface area (Å²) in [5.74, 6) is 0.741. The second kappa shape index (κ2) is 4.74. The number of hydrogen-bond donors (Lipinski definition) is 3. The van der Waals surface area contributed by atoms with Gasteiger partial charge in [-0.15, -0.1) is 0 Å². The Hall–Kier alpha value is -1.22. The molecule has 0 aliphatic heterocycles. The molecule has 0 bridgehead atoms. The normalized spacial score (nSPS) is 25.6. The smallest absolute Gasteiger partial charge is 0.0367 e. The molecule has 16 heavy (non-hydrogen) atoms. The summed E-state index contributed by atoms with van der Waals surface area (Å²) in [6.45, 7) is 0. The largest absolute Gasteiger partial charge is 0.399 e. The number of nitrogen functional groups attached to an aromatic ring is 2. The molecule has 0 unspecified atom stereocenters. The second-order valence-electron chi connectivity index (χ2n) is 4.94. The van der Waals surface area contributed by atoms with Crippen molar-refractivity contribution in [2.75, 3.05) is 11.5 Å². The van der Waals surface area contributed by atoms with Crippen LogP contribution in [-0.4, -0.2) is 6.04 Å².